The molecule has 0 amide bonds. The standard InChI is InChI=1S/C57H35N5O/c1-3-15-36(16-4-1)37-29-31-39(32-30-37)56-58-55(38-17-5-2-6-18-38)59-57(60-56)40-19-13-20-41(33-40)61-48-25-10-7-21-42(48)46-34-47-43-22-8-11-26-49(43)62(52(47)35-51(46)61)50-27-14-24-45-44-23-9-12-28-53(44)63-54(45)50/h1-35H. The molecule has 0 bridgehead atoms. The van der Waals surface area contributed by atoms with Crippen LogP contribution in [0.5, 0.6) is 0 Å². The predicted molar refractivity (Wildman–Crippen MR) is 258 cm³/mol. The third-order valence-corrected chi connectivity index (χ3v) is 12.4. The summed E-state index contributed by atoms with van der Waals surface area (Å²) in [7, 11) is 0. The van der Waals surface area contributed by atoms with Crippen LogP contribution in [-0.4, -0.2) is 24.1 Å². The van der Waals surface area contributed by atoms with Crippen LogP contribution in [0.1, 0.15) is 0 Å². The predicted octanol–water partition coefficient (Wildman–Crippen LogP) is 14.6. The zero-order chi connectivity index (χ0) is 41.4. The molecule has 0 aliphatic heterocycles. The molecule has 0 fully saturated rings. The molecule has 0 radical (unpaired) electrons. The Bertz CT molecular complexity index is 3900. The largest absolute Gasteiger partial charge is 0.454 e. The summed E-state index contributed by atoms with van der Waals surface area (Å²) < 4.78 is 11.4. The zero-order valence-electron chi connectivity index (χ0n) is 33.9. The average molecular weight is 806 g/mol. The van der Waals surface area contributed by atoms with Crippen molar-refractivity contribution in [3.63, 3.8) is 0 Å². The number of para-hydroxylation sites is 4. The Hall–Kier alpha value is -8.61. The first kappa shape index (κ1) is 35.2. The molecular weight excluding hydrogens is 771 g/mol. The number of nitrogens with zero attached hydrogens (tertiary/aromatic N) is 5. The van der Waals surface area contributed by atoms with Crippen LogP contribution < -0.4 is 0 Å². The molecule has 0 aliphatic rings. The van der Waals surface area contributed by atoms with E-state index in [4.69, 9.17) is 19.4 Å². The Morgan fingerprint density at radius 2 is 0.794 bits per heavy atom. The van der Waals surface area contributed by atoms with Crippen molar-refractivity contribution < 1.29 is 4.42 Å². The molecule has 0 N–H and O–H groups in total. The second kappa shape index (κ2) is 14.0. The first-order valence-electron chi connectivity index (χ1n) is 21.2. The van der Waals surface area contributed by atoms with Crippen LogP contribution in [0, 0.1) is 0 Å². The Labute approximate surface area is 361 Å². The van der Waals surface area contributed by atoms with Crippen LogP contribution in [0.25, 0.3) is 122 Å². The average Bonchev–Trinajstić information content (AvgIpc) is 4.01. The Kier molecular flexibility index (Phi) is 7.80. The van der Waals surface area contributed by atoms with E-state index in [0.717, 1.165) is 83.2 Å². The van der Waals surface area contributed by atoms with Crippen molar-refractivity contribution in [1.29, 1.82) is 0 Å². The summed E-state index contributed by atoms with van der Waals surface area (Å²) in [5.41, 5.74) is 13.3. The van der Waals surface area contributed by atoms with Crippen molar-refractivity contribution in [3.05, 3.63) is 212 Å². The molecule has 9 aromatic carbocycles. The first-order chi connectivity index (χ1) is 31.2. The van der Waals surface area contributed by atoms with Crippen LogP contribution in [0.3, 0.4) is 0 Å². The van der Waals surface area contributed by atoms with Crippen molar-refractivity contribution in [2.75, 3.05) is 0 Å². The minimum absolute atomic E-state index is 0.607. The smallest absolute Gasteiger partial charge is 0.164 e. The molecule has 6 nitrogen and oxygen atoms in total. The monoisotopic (exact) mass is 805 g/mol. The van der Waals surface area contributed by atoms with Crippen LogP contribution in [-0.2, 0) is 0 Å². The molecule has 0 unspecified atom stereocenters. The van der Waals surface area contributed by atoms with Crippen molar-refractivity contribution in [2.45, 2.75) is 0 Å². The van der Waals surface area contributed by atoms with Gasteiger partial charge in [0.2, 0.25) is 0 Å². The SMILES string of the molecule is c1ccc(-c2ccc(-c3nc(-c4ccccc4)nc(-c4cccc(-n5c6ccccc6c6cc7c8ccccc8n(-c8cccc9c8oc8ccccc89)c7cc65)c4)n3)cc2)cc1. The number of rotatable bonds is 6. The van der Waals surface area contributed by atoms with Crippen molar-refractivity contribution in [1.82, 2.24) is 24.1 Å². The molecule has 4 heterocycles. The first-order valence-corrected chi connectivity index (χ1v) is 21.2. The Morgan fingerprint density at radius 3 is 1.51 bits per heavy atom. The van der Waals surface area contributed by atoms with E-state index in [9.17, 15) is 0 Å². The maximum atomic E-state index is 6.64. The molecular formula is C57H35N5O. The zero-order valence-corrected chi connectivity index (χ0v) is 33.9. The van der Waals surface area contributed by atoms with Crippen LogP contribution in [0.2, 0.25) is 0 Å². The highest BCUT2D eigenvalue weighted by Crippen LogP contribution is 2.42. The van der Waals surface area contributed by atoms with E-state index >= 15 is 0 Å². The second-order valence-corrected chi connectivity index (χ2v) is 16.0. The summed E-state index contributed by atoms with van der Waals surface area (Å²) in [4.78, 5) is 15.3. The maximum Gasteiger partial charge on any atom is 0.164 e. The Balaban J connectivity index is 1.01. The molecule has 294 valence electrons. The molecule has 0 aliphatic carbocycles. The molecule has 13 rings (SSSR count). The van der Waals surface area contributed by atoms with Crippen LogP contribution in [0.15, 0.2) is 217 Å². The summed E-state index contributed by atoms with van der Waals surface area (Å²) in [6, 6.07) is 74.4. The van der Waals surface area contributed by atoms with E-state index in [1.165, 1.54) is 21.5 Å². The maximum absolute atomic E-state index is 6.64. The summed E-state index contributed by atoms with van der Waals surface area (Å²) in [5, 5.41) is 6.95. The van der Waals surface area contributed by atoms with Gasteiger partial charge in [-0.05, 0) is 59.7 Å². The van der Waals surface area contributed by atoms with E-state index in [0.29, 0.717) is 17.5 Å². The molecule has 0 atom stereocenters. The fourth-order valence-electron chi connectivity index (χ4n) is 9.45. The lowest BCUT2D eigenvalue weighted by Crippen LogP contribution is -2.01. The fraction of sp³-hybridized carbons (Fsp3) is 0. The van der Waals surface area contributed by atoms with Gasteiger partial charge in [0.15, 0.2) is 23.1 Å². The number of hydrogen-bond acceptors (Lipinski definition) is 4. The minimum Gasteiger partial charge on any atom is -0.454 e. The lowest BCUT2D eigenvalue weighted by Gasteiger charge is -2.12. The van der Waals surface area contributed by atoms with Gasteiger partial charge in [-0.1, -0.05) is 164 Å². The summed E-state index contributed by atoms with van der Waals surface area (Å²) >= 11 is 0. The quantitative estimate of drug-likeness (QED) is 0.168. The van der Waals surface area contributed by atoms with Gasteiger partial charge in [-0.2, -0.15) is 0 Å². The Morgan fingerprint density at radius 1 is 0.302 bits per heavy atom. The van der Waals surface area contributed by atoms with E-state index in [-0.39, 0.29) is 0 Å². The number of fused-ring (bicyclic) bond motifs is 9. The molecule has 0 saturated carbocycles. The van der Waals surface area contributed by atoms with E-state index in [1.807, 2.05) is 48.5 Å². The number of benzene rings is 9. The van der Waals surface area contributed by atoms with Gasteiger partial charge in [-0.3, -0.25) is 0 Å². The summed E-state index contributed by atoms with van der Waals surface area (Å²) in [6.45, 7) is 0. The van der Waals surface area contributed by atoms with Gasteiger partial charge in [-0.25, -0.2) is 15.0 Å². The second-order valence-electron chi connectivity index (χ2n) is 16.0. The van der Waals surface area contributed by atoms with Gasteiger partial charge < -0.3 is 13.6 Å². The highest BCUT2D eigenvalue weighted by Gasteiger charge is 2.21. The molecule has 0 saturated heterocycles. The fourth-order valence-corrected chi connectivity index (χ4v) is 9.45. The van der Waals surface area contributed by atoms with Crippen molar-refractivity contribution in [3.8, 4) is 56.7 Å². The minimum atomic E-state index is 0.607. The van der Waals surface area contributed by atoms with Gasteiger partial charge in [0.05, 0.1) is 27.8 Å². The van der Waals surface area contributed by atoms with Gasteiger partial charge in [0, 0.05) is 54.7 Å². The van der Waals surface area contributed by atoms with E-state index in [2.05, 4.69) is 173 Å². The van der Waals surface area contributed by atoms with Crippen molar-refractivity contribution >= 4 is 65.6 Å². The van der Waals surface area contributed by atoms with Crippen LogP contribution >= 0.6 is 0 Å². The highest BCUT2D eigenvalue weighted by atomic mass is 16.3. The third kappa shape index (κ3) is 5.62. The number of furan rings is 1. The van der Waals surface area contributed by atoms with E-state index < -0.39 is 0 Å². The molecule has 6 heteroatoms. The summed E-state index contributed by atoms with van der Waals surface area (Å²) in [6.07, 6.45) is 0. The number of aromatic nitrogens is 5. The molecule has 63 heavy (non-hydrogen) atoms. The lowest BCUT2D eigenvalue weighted by atomic mass is 10.0. The molecule has 0 spiro atoms. The number of hydrogen-bond donors (Lipinski definition) is 0. The molecule has 4 aromatic heterocycles. The van der Waals surface area contributed by atoms with Gasteiger partial charge in [-0.15, -0.1) is 0 Å². The lowest BCUT2D eigenvalue weighted by molar-refractivity contribution is 0.666. The van der Waals surface area contributed by atoms with Gasteiger partial charge in [0.25, 0.3) is 0 Å². The summed E-state index contributed by atoms with van der Waals surface area (Å²) in [5.74, 6) is 1.85. The topological polar surface area (TPSA) is 61.7 Å². The molecule has 13 aromatic rings. The van der Waals surface area contributed by atoms with E-state index in [1.54, 1.807) is 0 Å². The van der Waals surface area contributed by atoms with Crippen molar-refractivity contribution in [2.24, 2.45) is 0 Å². The highest BCUT2D eigenvalue weighted by molar-refractivity contribution is 6.20. The normalized spacial score (nSPS) is 11.8. The van der Waals surface area contributed by atoms with Gasteiger partial charge in [0.1, 0.15) is 5.58 Å². The van der Waals surface area contributed by atoms with Gasteiger partial charge >= 0.3 is 0 Å². The third-order valence-electron chi connectivity index (χ3n) is 12.4. The van der Waals surface area contributed by atoms with Crippen LogP contribution in [0.4, 0.5) is 0 Å².